The molecule has 106 valence electrons. The minimum atomic E-state index is -3.70. The zero-order chi connectivity index (χ0) is 14.6. The molecule has 20 heavy (non-hydrogen) atoms. The van der Waals surface area contributed by atoms with Crippen molar-refractivity contribution in [1.29, 1.82) is 0 Å². The first-order valence-corrected chi connectivity index (χ1v) is 7.33. The van der Waals surface area contributed by atoms with Gasteiger partial charge < -0.3 is 5.11 Å². The molecule has 0 amide bonds. The van der Waals surface area contributed by atoms with Gasteiger partial charge in [-0.25, -0.2) is 28.1 Å². The Morgan fingerprint density at radius 3 is 2.65 bits per heavy atom. The lowest BCUT2D eigenvalue weighted by Gasteiger charge is -2.06. The highest BCUT2D eigenvalue weighted by Gasteiger charge is 2.15. The molecule has 0 aliphatic heterocycles. The Morgan fingerprint density at radius 2 is 2.05 bits per heavy atom. The van der Waals surface area contributed by atoms with Gasteiger partial charge in [0.15, 0.2) is 5.03 Å². The molecule has 2 rings (SSSR count). The van der Waals surface area contributed by atoms with Gasteiger partial charge in [0.1, 0.15) is 5.82 Å². The van der Waals surface area contributed by atoms with Crippen LogP contribution in [0.1, 0.15) is 17.1 Å². The SMILES string of the molecule is Cc1nccc(CNS(=O)(=O)c2ccc(CO)cn2)n1. The molecular formula is C12H14N4O3S. The molecule has 0 unspecified atom stereocenters. The average Bonchev–Trinajstić information content (AvgIpc) is 2.45. The Balaban J connectivity index is 2.10. The number of rotatable bonds is 5. The van der Waals surface area contributed by atoms with Crippen molar-refractivity contribution in [3.05, 3.63) is 47.7 Å². The van der Waals surface area contributed by atoms with Gasteiger partial charge in [-0.15, -0.1) is 0 Å². The molecule has 2 aromatic heterocycles. The van der Waals surface area contributed by atoms with Gasteiger partial charge in [0, 0.05) is 12.4 Å². The third-order valence-electron chi connectivity index (χ3n) is 2.53. The van der Waals surface area contributed by atoms with E-state index in [1.807, 2.05) is 0 Å². The molecule has 2 aromatic rings. The van der Waals surface area contributed by atoms with E-state index < -0.39 is 10.0 Å². The molecule has 0 saturated carbocycles. The highest BCUT2D eigenvalue weighted by atomic mass is 32.2. The van der Waals surface area contributed by atoms with Crippen LogP contribution < -0.4 is 4.72 Å². The molecule has 0 atom stereocenters. The number of pyridine rings is 1. The predicted octanol–water partition coefficient (Wildman–Crippen LogP) is 0.151. The molecule has 8 heteroatoms. The van der Waals surface area contributed by atoms with E-state index in [0.717, 1.165) is 0 Å². The van der Waals surface area contributed by atoms with Crippen LogP contribution in [0.3, 0.4) is 0 Å². The highest BCUT2D eigenvalue weighted by molar-refractivity contribution is 7.89. The van der Waals surface area contributed by atoms with Crippen molar-refractivity contribution in [2.24, 2.45) is 0 Å². The molecule has 2 heterocycles. The van der Waals surface area contributed by atoms with Gasteiger partial charge in [-0.3, -0.25) is 0 Å². The predicted molar refractivity (Wildman–Crippen MR) is 71.0 cm³/mol. The maximum atomic E-state index is 12.0. The molecule has 0 aromatic carbocycles. The molecule has 0 radical (unpaired) electrons. The lowest BCUT2D eigenvalue weighted by molar-refractivity contribution is 0.281. The minimum Gasteiger partial charge on any atom is -0.392 e. The van der Waals surface area contributed by atoms with Crippen LogP contribution >= 0.6 is 0 Å². The van der Waals surface area contributed by atoms with Crippen molar-refractivity contribution < 1.29 is 13.5 Å². The molecule has 0 aliphatic rings. The topological polar surface area (TPSA) is 105 Å². The quantitative estimate of drug-likeness (QED) is 0.813. The van der Waals surface area contributed by atoms with Gasteiger partial charge in [-0.1, -0.05) is 6.07 Å². The summed E-state index contributed by atoms with van der Waals surface area (Å²) >= 11 is 0. The molecule has 2 N–H and O–H groups in total. The molecule has 0 aliphatic carbocycles. The lowest BCUT2D eigenvalue weighted by Crippen LogP contribution is -2.24. The molecule has 0 spiro atoms. The van der Waals surface area contributed by atoms with Crippen LogP contribution in [0.15, 0.2) is 35.6 Å². The summed E-state index contributed by atoms with van der Waals surface area (Å²) < 4.78 is 26.4. The minimum absolute atomic E-state index is 0.0646. The van der Waals surface area contributed by atoms with Crippen LogP contribution in [0.2, 0.25) is 0 Å². The average molecular weight is 294 g/mol. The van der Waals surface area contributed by atoms with Crippen LogP contribution in [0.25, 0.3) is 0 Å². The Bertz CT molecular complexity index is 686. The molecule has 0 fully saturated rings. The number of hydrogen-bond acceptors (Lipinski definition) is 6. The van der Waals surface area contributed by atoms with E-state index in [1.165, 1.54) is 18.3 Å². The third-order valence-corrected chi connectivity index (χ3v) is 3.85. The molecular weight excluding hydrogens is 280 g/mol. The van der Waals surface area contributed by atoms with Crippen LogP contribution in [0.5, 0.6) is 0 Å². The largest absolute Gasteiger partial charge is 0.392 e. The fourth-order valence-electron chi connectivity index (χ4n) is 1.51. The Hall–Kier alpha value is -1.90. The maximum absolute atomic E-state index is 12.0. The number of aliphatic hydroxyl groups excluding tert-OH is 1. The third kappa shape index (κ3) is 3.56. The number of aliphatic hydroxyl groups is 1. The molecule has 0 saturated heterocycles. The monoisotopic (exact) mass is 294 g/mol. The number of nitrogens with one attached hydrogen (secondary N) is 1. The first-order chi connectivity index (χ1) is 9.51. The van der Waals surface area contributed by atoms with Crippen LogP contribution in [-0.2, 0) is 23.2 Å². The van der Waals surface area contributed by atoms with Gasteiger partial charge in [-0.05, 0) is 24.6 Å². The smallest absolute Gasteiger partial charge is 0.258 e. The second-order valence-corrected chi connectivity index (χ2v) is 5.80. The first kappa shape index (κ1) is 14.5. The highest BCUT2D eigenvalue weighted by Crippen LogP contribution is 2.07. The van der Waals surface area contributed by atoms with E-state index in [9.17, 15) is 8.42 Å². The normalized spacial score (nSPS) is 11.5. The van der Waals surface area contributed by atoms with Gasteiger partial charge in [-0.2, -0.15) is 0 Å². The Labute approximate surface area is 116 Å². The van der Waals surface area contributed by atoms with Crippen molar-refractivity contribution >= 4 is 10.0 Å². The van der Waals surface area contributed by atoms with E-state index in [2.05, 4.69) is 19.7 Å². The van der Waals surface area contributed by atoms with Gasteiger partial charge in [0.2, 0.25) is 0 Å². The van der Waals surface area contributed by atoms with Crippen LogP contribution in [0.4, 0.5) is 0 Å². The fourth-order valence-corrected chi connectivity index (χ4v) is 2.43. The van der Waals surface area contributed by atoms with E-state index in [1.54, 1.807) is 19.2 Å². The molecule has 7 nitrogen and oxygen atoms in total. The summed E-state index contributed by atoms with van der Waals surface area (Å²) in [6, 6.07) is 4.49. The summed E-state index contributed by atoms with van der Waals surface area (Å²) in [7, 11) is -3.70. The number of aromatic nitrogens is 3. The summed E-state index contributed by atoms with van der Waals surface area (Å²) in [5.41, 5.74) is 1.13. The van der Waals surface area contributed by atoms with Gasteiger partial charge in [0.05, 0.1) is 18.8 Å². The first-order valence-electron chi connectivity index (χ1n) is 5.85. The Kier molecular flexibility index (Phi) is 4.38. The Morgan fingerprint density at radius 1 is 1.25 bits per heavy atom. The summed E-state index contributed by atoms with van der Waals surface area (Å²) in [6.07, 6.45) is 2.89. The van der Waals surface area contributed by atoms with E-state index in [-0.39, 0.29) is 18.2 Å². The van der Waals surface area contributed by atoms with Crippen molar-refractivity contribution in [2.45, 2.75) is 25.1 Å². The zero-order valence-corrected chi connectivity index (χ0v) is 11.6. The maximum Gasteiger partial charge on any atom is 0.258 e. The lowest BCUT2D eigenvalue weighted by atomic mass is 10.3. The van der Waals surface area contributed by atoms with Crippen molar-refractivity contribution in [3.63, 3.8) is 0 Å². The molecule has 0 bridgehead atoms. The zero-order valence-electron chi connectivity index (χ0n) is 10.8. The summed E-state index contributed by atoms with van der Waals surface area (Å²) in [6.45, 7) is 1.61. The summed E-state index contributed by atoms with van der Waals surface area (Å²) in [5, 5.41) is 8.79. The van der Waals surface area contributed by atoms with E-state index in [0.29, 0.717) is 17.1 Å². The van der Waals surface area contributed by atoms with Gasteiger partial charge in [0.25, 0.3) is 10.0 Å². The number of hydrogen-bond donors (Lipinski definition) is 2. The fraction of sp³-hybridized carbons (Fsp3) is 0.250. The summed E-state index contributed by atoms with van der Waals surface area (Å²) in [4.78, 5) is 11.9. The van der Waals surface area contributed by atoms with E-state index in [4.69, 9.17) is 5.11 Å². The summed E-state index contributed by atoms with van der Waals surface area (Å²) in [5.74, 6) is 0.576. The second-order valence-electron chi connectivity index (χ2n) is 4.08. The van der Waals surface area contributed by atoms with Crippen molar-refractivity contribution in [3.8, 4) is 0 Å². The van der Waals surface area contributed by atoms with Crippen molar-refractivity contribution in [2.75, 3.05) is 0 Å². The van der Waals surface area contributed by atoms with E-state index >= 15 is 0 Å². The van der Waals surface area contributed by atoms with Gasteiger partial charge >= 0.3 is 0 Å². The van der Waals surface area contributed by atoms with Crippen LogP contribution in [0, 0.1) is 6.92 Å². The standard InChI is InChI=1S/C12H14N4O3S/c1-9-13-5-4-11(16-9)7-15-20(18,19)12-3-2-10(8-17)6-14-12/h2-6,15,17H,7-8H2,1H3. The second kappa shape index (κ2) is 6.04. The number of nitrogens with zero attached hydrogens (tertiary/aromatic N) is 3. The number of sulfonamides is 1. The number of aryl methyl sites for hydroxylation is 1. The van der Waals surface area contributed by atoms with Crippen molar-refractivity contribution in [1.82, 2.24) is 19.7 Å². The van der Waals surface area contributed by atoms with Crippen LogP contribution in [-0.4, -0.2) is 28.5 Å².